The maximum absolute atomic E-state index is 12.4. The Bertz CT molecular complexity index is 624. The highest BCUT2D eigenvalue weighted by Crippen LogP contribution is 2.20. The molecule has 0 N–H and O–H groups in total. The fraction of sp³-hybridized carbons (Fsp3) is 0.400. The van der Waals surface area contributed by atoms with Gasteiger partial charge in [-0.05, 0) is 32.6 Å². The summed E-state index contributed by atoms with van der Waals surface area (Å²) in [5.74, 6) is 0.438. The van der Waals surface area contributed by atoms with Crippen molar-refractivity contribution in [2.75, 3.05) is 27.2 Å². The number of amides is 1. The van der Waals surface area contributed by atoms with E-state index >= 15 is 0 Å². The molecule has 0 bridgehead atoms. The number of pyridine rings is 1. The number of hydrogen-bond donors (Lipinski definition) is 0. The van der Waals surface area contributed by atoms with Gasteiger partial charge in [0.05, 0.1) is 0 Å². The van der Waals surface area contributed by atoms with E-state index in [-0.39, 0.29) is 5.91 Å². The van der Waals surface area contributed by atoms with E-state index in [0.29, 0.717) is 23.2 Å². The van der Waals surface area contributed by atoms with Crippen LogP contribution in [0.25, 0.3) is 11.5 Å². The summed E-state index contributed by atoms with van der Waals surface area (Å²) >= 11 is 0. The second-order valence-corrected chi connectivity index (χ2v) is 5.45. The molecule has 0 saturated carbocycles. The number of rotatable bonds is 3. The number of carbonyl (C=O) groups excluding carboxylic acids is 1. The summed E-state index contributed by atoms with van der Waals surface area (Å²) < 4.78 is 5.24. The summed E-state index contributed by atoms with van der Waals surface area (Å²) in [5, 5.41) is 3.89. The van der Waals surface area contributed by atoms with Crippen molar-refractivity contribution in [1.82, 2.24) is 19.9 Å². The van der Waals surface area contributed by atoms with Crippen LogP contribution in [-0.4, -0.2) is 59.1 Å². The minimum atomic E-state index is -0.0784. The first-order chi connectivity index (χ1) is 10.1. The zero-order valence-corrected chi connectivity index (χ0v) is 12.2. The molecule has 6 heteroatoms. The molecule has 21 heavy (non-hydrogen) atoms. The van der Waals surface area contributed by atoms with Gasteiger partial charge in [0.25, 0.3) is 5.91 Å². The minimum Gasteiger partial charge on any atom is -0.354 e. The molecule has 1 aliphatic heterocycles. The van der Waals surface area contributed by atoms with Gasteiger partial charge < -0.3 is 14.3 Å². The van der Waals surface area contributed by atoms with Gasteiger partial charge in [0.2, 0.25) is 0 Å². The highest BCUT2D eigenvalue weighted by atomic mass is 16.5. The van der Waals surface area contributed by atoms with Crippen LogP contribution in [-0.2, 0) is 0 Å². The molecule has 3 rings (SSSR count). The van der Waals surface area contributed by atoms with E-state index in [0.717, 1.165) is 19.5 Å². The molecule has 0 aromatic carbocycles. The molecule has 0 radical (unpaired) electrons. The van der Waals surface area contributed by atoms with E-state index in [4.69, 9.17) is 4.52 Å². The van der Waals surface area contributed by atoms with Gasteiger partial charge in [-0.2, -0.15) is 0 Å². The molecule has 6 nitrogen and oxygen atoms in total. The molecule has 1 fully saturated rings. The second kappa shape index (κ2) is 5.65. The SMILES string of the molecule is CN(C)C1CCN(C(=O)c2cc(-c3ccccn3)on2)C1. The molecule has 0 spiro atoms. The number of likely N-dealkylation sites (N-methyl/N-ethyl adjacent to an activating group) is 1. The molecule has 110 valence electrons. The lowest BCUT2D eigenvalue weighted by molar-refractivity contribution is 0.0773. The first-order valence-electron chi connectivity index (χ1n) is 6.99. The van der Waals surface area contributed by atoms with Crippen LogP contribution in [0, 0.1) is 0 Å². The third-order valence-corrected chi connectivity index (χ3v) is 3.83. The number of carbonyl (C=O) groups is 1. The zero-order valence-electron chi connectivity index (χ0n) is 12.2. The quantitative estimate of drug-likeness (QED) is 0.856. The normalized spacial score (nSPS) is 18.4. The Morgan fingerprint density at radius 3 is 2.95 bits per heavy atom. The summed E-state index contributed by atoms with van der Waals surface area (Å²) in [6.07, 6.45) is 2.67. The smallest absolute Gasteiger partial charge is 0.276 e. The first-order valence-corrected chi connectivity index (χ1v) is 6.99. The highest BCUT2D eigenvalue weighted by Gasteiger charge is 2.29. The average molecular weight is 286 g/mol. The van der Waals surface area contributed by atoms with Crippen LogP contribution in [0.4, 0.5) is 0 Å². The number of nitrogens with zero attached hydrogens (tertiary/aromatic N) is 4. The minimum absolute atomic E-state index is 0.0784. The fourth-order valence-corrected chi connectivity index (χ4v) is 2.52. The molecule has 1 amide bonds. The number of likely N-dealkylation sites (tertiary alicyclic amines) is 1. The Kier molecular flexibility index (Phi) is 3.70. The van der Waals surface area contributed by atoms with Gasteiger partial charge >= 0.3 is 0 Å². The number of aromatic nitrogens is 2. The summed E-state index contributed by atoms with van der Waals surface area (Å²) in [6, 6.07) is 7.60. The second-order valence-electron chi connectivity index (χ2n) is 5.45. The van der Waals surface area contributed by atoms with E-state index < -0.39 is 0 Å². The van der Waals surface area contributed by atoms with Gasteiger partial charge in [0.15, 0.2) is 11.5 Å². The summed E-state index contributed by atoms with van der Waals surface area (Å²) in [4.78, 5) is 20.6. The topological polar surface area (TPSA) is 62.5 Å². The van der Waals surface area contributed by atoms with E-state index in [9.17, 15) is 4.79 Å². The third kappa shape index (κ3) is 2.80. The van der Waals surface area contributed by atoms with E-state index in [1.807, 2.05) is 37.2 Å². The summed E-state index contributed by atoms with van der Waals surface area (Å²) in [7, 11) is 4.07. The van der Waals surface area contributed by atoms with Crippen molar-refractivity contribution >= 4 is 5.91 Å². The van der Waals surface area contributed by atoms with Crippen molar-refractivity contribution < 1.29 is 9.32 Å². The lowest BCUT2D eigenvalue weighted by Gasteiger charge is -2.19. The Balaban J connectivity index is 1.73. The van der Waals surface area contributed by atoms with E-state index in [1.54, 1.807) is 12.3 Å². The maximum atomic E-state index is 12.4. The molecule has 1 aliphatic rings. The van der Waals surface area contributed by atoms with Crippen LogP contribution in [0.2, 0.25) is 0 Å². The lowest BCUT2D eigenvalue weighted by Crippen LogP contribution is -2.34. The maximum Gasteiger partial charge on any atom is 0.276 e. The van der Waals surface area contributed by atoms with Gasteiger partial charge in [-0.25, -0.2) is 0 Å². The molecular weight excluding hydrogens is 268 g/mol. The molecule has 3 heterocycles. The zero-order chi connectivity index (χ0) is 14.8. The molecule has 1 saturated heterocycles. The highest BCUT2D eigenvalue weighted by molar-refractivity contribution is 5.93. The van der Waals surface area contributed by atoms with Crippen molar-refractivity contribution in [1.29, 1.82) is 0 Å². The van der Waals surface area contributed by atoms with Crippen molar-refractivity contribution in [3.05, 3.63) is 36.2 Å². The molecule has 1 unspecified atom stereocenters. The van der Waals surface area contributed by atoms with E-state index in [2.05, 4.69) is 15.0 Å². The molecule has 0 aliphatic carbocycles. The molecule has 1 atom stereocenters. The van der Waals surface area contributed by atoms with Crippen molar-refractivity contribution in [2.45, 2.75) is 12.5 Å². The van der Waals surface area contributed by atoms with Crippen LogP contribution >= 0.6 is 0 Å². The summed E-state index contributed by atoms with van der Waals surface area (Å²) in [5.41, 5.74) is 1.02. The van der Waals surface area contributed by atoms with Gasteiger partial charge in [-0.15, -0.1) is 0 Å². The first kappa shape index (κ1) is 13.8. The van der Waals surface area contributed by atoms with Crippen LogP contribution in [0.3, 0.4) is 0 Å². The molecule has 2 aromatic heterocycles. The molecular formula is C15H18N4O2. The van der Waals surface area contributed by atoms with Crippen LogP contribution in [0.5, 0.6) is 0 Å². The Labute approximate surface area is 123 Å². The fourth-order valence-electron chi connectivity index (χ4n) is 2.52. The Morgan fingerprint density at radius 1 is 1.43 bits per heavy atom. The van der Waals surface area contributed by atoms with Crippen LogP contribution < -0.4 is 0 Å². The van der Waals surface area contributed by atoms with Crippen molar-refractivity contribution in [2.24, 2.45) is 0 Å². The largest absolute Gasteiger partial charge is 0.354 e. The van der Waals surface area contributed by atoms with Crippen molar-refractivity contribution in [3.8, 4) is 11.5 Å². The van der Waals surface area contributed by atoms with Crippen LogP contribution in [0.1, 0.15) is 16.9 Å². The standard InChI is InChI=1S/C15H18N4O2/c1-18(2)11-6-8-19(10-11)15(20)13-9-14(21-17-13)12-5-3-4-7-16-12/h3-5,7,9,11H,6,8,10H2,1-2H3. The summed E-state index contributed by atoms with van der Waals surface area (Å²) in [6.45, 7) is 1.49. The molecule has 2 aromatic rings. The predicted molar refractivity (Wildman–Crippen MR) is 77.7 cm³/mol. The van der Waals surface area contributed by atoms with Crippen molar-refractivity contribution in [3.63, 3.8) is 0 Å². The lowest BCUT2D eigenvalue weighted by atomic mass is 10.2. The van der Waals surface area contributed by atoms with Gasteiger partial charge in [-0.1, -0.05) is 11.2 Å². The van der Waals surface area contributed by atoms with Gasteiger partial charge in [0, 0.05) is 31.4 Å². The predicted octanol–water partition coefficient (Wildman–Crippen LogP) is 1.51. The van der Waals surface area contributed by atoms with E-state index in [1.165, 1.54) is 0 Å². The monoisotopic (exact) mass is 286 g/mol. The number of hydrogen-bond acceptors (Lipinski definition) is 5. The van der Waals surface area contributed by atoms with Gasteiger partial charge in [-0.3, -0.25) is 9.78 Å². The Hall–Kier alpha value is -2.21. The third-order valence-electron chi connectivity index (χ3n) is 3.83. The Morgan fingerprint density at radius 2 is 2.29 bits per heavy atom. The van der Waals surface area contributed by atoms with Gasteiger partial charge in [0.1, 0.15) is 5.69 Å². The average Bonchev–Trinajstić information content (AvgIpc) is 3.17. The van der Waals surface area contributed by atoms with Crippen LogP contribution in [0.15, 0.2) is 35.0 Å².